The van der Waals surface area contributed by atoms with Crippen LogP contribution >= 0.6 is 0 Å². The molecule has 0 unspecified atom stereocenters. The molecule has 8 nitrogen and oxygen atoms in total. The number of nitrogens with one attached hydrogen (secondary N) is 2. The maximum Gasteiger partial charge on any atom is 0.264 e. The van der Waals surface area contributed by atoms with Gasteiger partial charge in [-0.15, -0.1) is 0 Å². The average molecular weight is 545 g/mol. The van der Waals surface area contributed by atoms with Crippen LogP contribution < -0.4 is 15.0 Å². The van der Waals surface area contributed by atoms with Crippen LogP contribution in [0.3, 0.4) is 0 Å². The molecule has 4 rings (SSSR count). The predicted octanol–water partition coefficient (Wildman–Crippen LogP) is 4.81. The average Bonchev–Trinajstić information content (AvgIpc) is 2.96. The first-order chi connectivity index (χ1) is 18.8. The van der Waals surface area contributed by atoms with E-state index < -0.39 is 28.3 Å². The van der Waals surface area contributed by atoms with E-state index in [1.165, 1.54) is 42.5 Å². The topological polar surface area (TPSA) is 108 Å². The number of nitrogens with zero attached hydrogens (tertiary/aromatic N) is 2. The monoisotopic (exact) mass is 544 g/mol. The highest BCUT2D eigenvalue weighted by atomic mass is 32.2. The maximum atomic E-state index is 14.6. The van der Waals surface area contributed by atoms with Crippen molar-refractivity contribution in [2.45, 2.75) is 11.8 Å². The van der Waals surface area contributed by atoms with Crippen molar-refractivity contribution in [1.29, 1.82) is 0 Å². The van der Waals surface area contributed by atoms with Gasteiger partial charge in [0, 0.05) is 11.3 Å². The number of hydrogen-bond donors (Lipinski definition) is 2. The van der Waals surface area contributed by atoms with Gasteiger partial charge in [-0.1, -0.05) is 60.7 Å². The van der Waals surface area contributed by atoms with Gasteiger partial charge in [0.1, 0.15) is 12.4 Å². The van der Waals surface area contributed by atoms with Crippen molar-refractivity contribution in [3.63, 3.8) is 0 Å². The third-order valence-electron chi connectivity index (χ3n) is 5.66. The molecule has 0 bridgehead atoms. The van der Waals surface area contributed by atoms with Gasteiger partial charge in [-0.2, -0.15) is 5.10 Å². The lowest BCUT2D eigenvalue weighted by Crippen LogP contribution is -2.40. The molecule has 10 heteroatoms. The second kappa shape index (κ2) is 12.1. The third kappa shape index (κ3) is 6.74. The summed E-state index contributed by atoms with van der Waals surface area (Å²) in [4.78, 5) is 25.2. The summed E-state index contributed by atoms with van der Waals surface area (Å²) >= 11 is 0. The summed E-state index contributed by atoms with van der Waals surface area (Å²) in [6, 6.07) is 28.4. The normalized spacial score (nSPS) is 11.5. The number of rotatable bonds is 9. The van der Waals surface area contributed by atoms with E-state index in [0.717, 1.165) is 6.07 Å². The number of sulfonamides is 1. The van der Waals surface area contributed by atoms with Gasteiger partial charge in [-0.3, -0.25) is 13.9 Å². The van der Waals surface area contributed by atoms with E-state index in [1.807, 2.05) is 6.07 Å². The van der Waals surface area contributed by atoms with Crippen LogP contribution in [0.25, 0.3) is 0 Å². The van der Waals surface area contributed by atoms with Crippen LogP contribution in [0.4, 0.5) is 15.8 Å². The smallest absolute Gasteiger partial charge is 0.264 e. The molecule has 0 fully saturated rings. The molecule has 0 saturated carbocycles. The Kier molecular flexibility index (Phi) is 8.47. The molecule has 0 aromatic heterocycles. The lowest BCUT2D eigenvalue weighted by Gasteiger charge is -2.24. The molecule has 198 valence electrons. The summed E-state index contributed by atoms with van der Waals surface area (Å²) in [5.74, 6) is -1.84. The summed E-state index contributed by atoms with van der Waals surface area (Å²) in [7, 11) is -4.26. The van der Waals surface area contributed by atoms with E-state index in [2.05, 4.69) is 15.8 Å². The van der Waals surface area contributed by atoms with Crippen molar-refractivity contribution < 1.29 is 22.4 Å². The van der Waals surface area contributed by atoms with Gasteiger partial charge >= 0.3 is 0 Å². The van der Waals surface area contributed by atoms with Crippen LogP contribution in [0, 0.1) is 5.82 Å². The zero-order valence-electron chi connectivity index (χ0n) is 20.9. The number of halogens is 1. The summed E-state index contributed by atoms with van der Waals surface area (Å²) in [6.07, 6.45) is 0. The Morgan fingerprint density at radius 2 is 1.44 bits per heavy atom. The molecule has 4 aromatic carbocycles. The van der Waals surface area contributed by atoms with Crippen LogP contribution in [0.5, 0.6) is 0 Å². The van der Waals surface area contributed by atoms with E-state index >= 15 is 0 Å². The Hall–Kier alpha value is -4.83. The quantitative estimate of drug-likeness (QED) is 0.233. The molecule has 0 aliphatic rings. The zero-order chi connectivity index (χ0) is 27.8. The fourth-order valence-corrected chi connectivity index (χ4v) is 5.11. The van der Waals surface area contributed by atoms with Crippen LogP contribution in [-0.2, 0) is 14.8 Å². The molecule has 0 spiro atoms. The van der Waals surface area contributed by atoms with Crippen LogP contribution in [0.2, 0.25) is 0 Å². The predicted molar refractivity (Wildman–Crippen MR) is 149 cm³/mol. The summed E-state index contributed by atoms with van der Waals surface area (Å²) in [5.41, 5.74) is 4.13. The van der Waals surface area contributed by atoms with Crippen molar-refractivity contribution in [1.82, 2.24) is 5.43 Å². The molecule has 0 aliphatic heterocycles. The van der Waals surface area contributed by atoms with E-state index in [-0.39, 0.29) is 16.5 Å². The number of carbonyl (C=O) groups excluding carboxylic acids is 2. The number of benzene rings is 4. The first-order valence-corrected chi connectivity index (χ1v) is 13.3. The van der Waals surface area contributed by atoms with E-state index in [9.17, 15) is 22.4 Å². The van der Waals surface area contributed by atoms with Crippen LogP contribution in [-0.4, -0.2) is 32.5 Å². The van der Waals surface area contributed by atoms with Crippen LogP contribution in [0.1, 0.15) is 22.8 Å². The summed E-state index contributed by atoms with van der Waals surface area (Å²) in [5, 5.41) is 6.90. The molecule has 0 atom stereocenters. The number of hydrogen-bond acceptors (Lipinski definition) is 5. The second-order valence-corrected chi connectivity index (χ2v) is 10.3. The fourth-order valence-electron chi connectivity index (χ4n) is 3.66. The van der Waals surface area contributed by atoms with E-state index in [0.29, 0.717) is 26.8 Å². The summed E-state index contributed by atoms with van der Waals surface area (Å²) < 4.78 is 42.0. The van der Waals surface area contributed by atoms with Gasteiger partial charge in [0.25, 0.3) is 21.8 Å². The molecule has 2 amide bonds. The number of amides is 2. The Balaban J connectivity index is 1.50. The minimum atomic E-state index is -4.26. The lowest BCUT2D eigenvalue weighted by molar-refractivity contribution is -0.119. The van der Waals surface area contributed by atoms with E-state index in [1.54, 1.807) is 61.5 Å². The third-order valence-corrected chi connectivity index (χ3v) is 7.44. The van der Waals surface area contributed by atoms with Gasteiger partial charge in [0.15, 0.2) is 0 Å². The number of anilines is 2. The molecule has 0 heterocycles. The first kappa shape index (κ1) is 27.2. The number of hydrazone groups is 1. The molecular formula is C29H25FN4O4S. The van der Waals surface area contributed by atoms with Crippen molar-refractivity contribution in [2.75, 3.05) is 16.2 Å². The molecule has 39 heavy (non-hydrogen) atoms. The molecular weight excluding hydrogens is 519 g/mol. The second-order valence-electron chi connectivity index (χ2n) is 8.41. The highest BCUT2D eigenvalue weighted by molar-refractivity contribution is 7.92. The van der Waals surface area contributed by atoms with Gasteiger partial charge < -0.3 is 5.32 Å². The van der Waals surface area contributed by atoms with Crippen molar-refractivity contribution in [2.24, 2.45) is 5.10 Å². The minimum Gasteiger partial charge on any atom is -0.322 e. The molecule has 4 aromatic rings. The standard InChI is InChI=1S/C29H25FN4O4S/c1-21(23-13-10-14-24(19-23)31-29(36)22-11-4-2-5-12-22)32-33-28(35)20-34(27-18-9-8-17-26(27)30)39(37,38)25-15-6-3-7-16-25/h2-19H,20H2,1H3,(H,31,36)(H,33,35)/b32-21-. The first-order valence-electron chi connectivity index (χ1n) is 11.9. The van der Waals surface area contributed by atoms with E-state index in [4.69, 9.17) is 0 Å². The fraction of sp³-hybridized carbons (Fsp3) is 0.0690. The number of carbonyl (C=O) groups is 2. The lowest BCUT2D eigenvalue weighted by atomic mass is 10.1. The maximum absolute atomic E-state index is 14.6. The number of para-hydroxylation sites is 1. The SMILES string of the molecule is C/C(=N/NC(=O)CN(c1ccccc1F)S(=O)(=O)c1ccccc1)c1cccc(NC(=O)c2ccccc2)c1. The van der Waals surface area contributed by atoms with Gasteiger partial charge in [0.05, 0.1) is 16.3 Å². The molecule has 0 aliphatic carbocycles. The van der Waals surface area contributed by atoms with Crippen molar-refractivity contribution in [3.05, 3.63) is 126 Å². The highest BCUT2D eigenvalue weighted by Crippen LogP contribution is 2.26. The minimum absolute atomic E-state index is 0.0879. The van der Waals surface area contributed by atoms with Gasteiger partial charge in [0.2, 0.25) is 0 Å². The van der Waals surface area contributed by atoms with Gasteiger partial charge in [-0.05, 0) is 61.0 Å². The van der Waals surface area contributed by atoms with Crippen molar-refractivity contribution in [3.8, 4) is 0 Å². The summed E-state index contributed by atoms with van der Waals surface area (Å²) in [6.45, 7) is 0.940. The molecule has 0 saturated heterocycles. The van der Waals surface area contributed by atoms with Gasteiger partial charge in [-0.25, -0.2) is 18.2 Å². The van der Waals surface area contributed by atoms with Crippen LogP contribution in [0.15, 0.2) is 119 Å². The Bertz CT molecular complexity index is 1610. The zero-order valence-corrected chi connectivity index (χ0v) is 21.7. The Labute approximate surface area is 225 Å². The molecule has 2 N–H and O–H groups in total. The highest BCUT2D eigenvalue weighted by Gasteiger charge is 2.29. The Morgan fingerprint density at radius 1 is 0.821 bits per heavy atom. The largest absolute Gasteiger partial charge is 0.322 e. The molecule has 0 radical (unpaired) electrons. The Morgan fingerprint density at radius 3 is 2.13 bits per heavy atom. The van der Waals surface area contributed by atoms with Crippen molar-refractivity contribution >= 4 is 38.9 Å².